The fourth-order valence-electron chi connectivity index (χ4n) is 1.02. The summed E-state index contributed by atoms with van der Waals surface area (Å²) in [5.41, 5.74) is 0. The Morgan fingerprint density at radius 2 is 1.57 bits per heavy atom. The summed E-state index contributed by atoms with van der Waals surface area (Å²) in [5.74, 6) is -0.621. The lowest BCUT2D eigenvalue weighted by Gasteiger charge is -2.09. The molecule has 0 spiro atoms. The van der Waals surface area contributed by atoms with Gasteiger partial charge in [0.1, 0.15) is 5.78 Å². The fraction of sp³-hybridized carbons (Fsp3) is 0.700. The molecule has 0 saturated carbocycles. The number of rotatable bonds is 2. The monoisotopic (exact) mass is 199 g/mol. The minimum absolute atomic E-state index is 0.0579. The normalized spacial score (nSPS) is 15.2. The molecule has 1 rings (SSSR count). The first-order valence-electron chi connectivity index (χ1n) is 4.85. The average molecular weight is 199 g/mol. The van der Waals surface area contributed by atoms with Gasteiger partial charge in [-0.3, -0.25) is 19.3 Å². The van der Waals surface area contributed by atoms with Crippen LogP contribution in [-0.4, -0.2) is 29.0 Å². The Hall–Kier alpha value is -1.19. The largest absolute Gasteiger partial charge is 0.298 e. The number of nitrogens with zero attached hydrogens (tertiary/aromatic N) is 1. The maximum atomic E-state index is 10.9. The van der Waals surface area contributed by atoms with Crippen LogP contribution in [0.25, 0.3) is 0 Å². The van der Waals surface area contributed by atoms with E-state index >= 15 is 0 Å². The number of ketones is 1. The molecule has 1 heterocycles. The summed E-state index contributed by atoms with van der Waals surface area (Å²) < 4.78 is 0. The van der Waals surface area contributed by atoms with E-state index in [2.05, 4.69) is 13.8 Å². The van der Waals surface area contributed by atoms with Gasteiger partial charge >= 0.3 is 0 Å². The zero-order valence-electron chi connectivity index (χ0n) is 9.00. The Balaban J connectivity index is 0.000000500. The number of imide groups is 1. The minimum Gasteiger partial charge on any atom is -0.298 e. The third kappa shape index (κ3) is 4.16. The summed E-state index contributed by atoms with van der Waals surface area (Å²) in [7, 11) is 0. The maximum absolute atomic E-state index is 10.9. The van der Waals surface area contributed by atoms with E-state index < -0.39 is 0 Å². The smallest absolute Gasteiger partial charge is 0.230 e. The van der Waals surface area contributed by atoms with Crippen LogP contribution in [0, 0.1) is 0 Å². The average Bonchev–Trinajstić information content (AvgIpc) is 2.37. The molecular formula is C10H17NO3. The summed E-state index contributed by atoms with van der Waals surface area (Å²) in [6.45, 7) is 5.55. The highest BCUT2D eigenvalue weighted by Gasteiger charge is 2.29. The van der Waals surface area contributed by atoms with Crippen molar-refractivity contribution < 1.29 is 14.4 Å². The quantitative estimate of drug-likeness (QED) is 0.627. The van der Waals surface area contributed by atoms with E-state index in [4.69, 9.17) is 0 Å². The van der Waals surface area contributed by atoms with E-state index in [-0.39, 0.29) is 37.0 Å². The molecule has 0 bridgehead atoms. The van der Waals surface area contributed by atoms with Gasteiger partial charge in [-0.1, -0.05) is 20.3 Å². The highest BCUT2D eigenvalue weighted by molar-refractivity contribution is 6.04. The number of carbonyl (C=O) groups is 3. The molecule has 4 heteroatoms. The van der Waals surface area contributed by atoms with Crippen molar-refractivity contribution in [2.24, 2.45) is 0 Å². The van der Waals surface area contributed by atoms with Crippen molar-refractivity contribution in [2.45, 2.75) is 40.0 Å². The third-order valence-corrected chi connectivity index (χ3v) is 1.54. The lowest BCUT2D eigenvalue weighted by molar-refractivity contribution is -0.141. The number of carbonyl (C=O) groups excluding carboxylic acids is 3. The lowest BCUT2D eigenvalue weighted by atomic mass is 10.4. The van der Waals surface area contributed by atoms with Crippen molar-refractivity contribution in [3.63, 3.8) is 0 Å². The fourth-order valence-corrected chi connectivity index (χ4v) is 1.02. The van der Waals surface area contributed by atoms with Crippen molar-refractivity contribution in [1.29, 1.82) is 0 Å². The summed E-state index contributed by atoms with van der Waals surface area (Å²) in [6, 6.07) is 0. The summed E-state index contributed by atoms with van der Waals surface area (Å²) in [5, 5.41) is 0. The molecule has 0 radical (unpaired) electrons. The van der Waals surface area contributed by atoms with Gasteiger partial charge < -0.3 is 0 Å². The zero-order chi connectivity index (χ0) is 11.1. The molecule has 2 amide bonds. The van der Waals surface area contributed by atoms with Gasteiger partial charge in [-0.25, -0.2) is 0 Å². The molecule has 0 aromatic heterocycles. The molecule has 1 fully saturated rings. The molecule has 0 N–H and O–H groups in total. The highest BCUT2D eigenvalue weighted by atomic mass is 16.2. The number of Topliss-reactive ketones (excluding diaryl/α,β-unsaturated/α-hetero) is 1. The van der Waals surface area contributed by atoms with Gasteiger partial charge in [0.05, 0.1) is 6.54 Å². The van der Waals surface area contributed by atoms with Crippen LogP contribution in [0.5, 0.6) is 0 Å². The first-order valence-corrected chi connectivity index (χ1v) is 4.85. The Kier molecular flexibility index (Phi) is 5.76. The lowest BCUT2D eigenvalue weighted by Crippen LogP contribution is -2.33. The standard InChI is InChI=1S/C7H9NO3.C3H8/c1-5(9)4-8-6(10)2-3-7(8)11;1-3-2/h2-4H2,1H3;3H2,1-2H3. The van der Waals surface area contributed by atoms with Gasteiger partial charge in [0.25, 0.3) is 0 Å². The van der Waals surface area contributed by atoms with Gasteiger partial charge in [0.15, 0.2) is 0 Å². The SMILES string of the molecule is CC(=O)CN1C(=O)CCC1=O.CCC. The van der Waals surface area contributed by atoms with E-state index in [9.17, 15) is 14.4 Å². The number of amides is 2. The topological polar surface area (TPSA) is 54.5 Å². The molecule has 0 atom stereocenters. The predicted molar refractivity (Wildman–Crippen MR) is 52.6 cm³/mol. The van der Waals surface area contributed by atoms with Crippen molar-refractivity contribution in [3.8, 4) is 0 Å². The molecule has 0 aromatic rings. The Morgan fingerprint density at radius 1 is 1.21 bits per heavy atom. The van der Waals surface area contributed by atoms with Gasteiger partial charge in [0.2, 0.25) is 11.8 Å². The van der Waals surface area contributed by atoms with Crippen LogP contribution >= 0.6 is 0 Å². The van der Waals surface area contributed by atoms with Crippen molar-refractivity contribution >= 4 is 17.6 Å². The van der Waals surface area contributed by atoms with Crippen LogP contribution in [-0.2, 0) is 14.4 Å². The summed E-state index contributed by atoms with van der Waals surface area (Å²) in [4.78, 5) is 33.3. The first kappa shape index (κ1) is 12.8. The molecule has 1 aliphatic heterocycles. The summed E-state index contributed by atoms with van der Waals surface area (Å²) >= 11 is 0. The Morgan fingerprint density at radius 3 is 1.86 bits per heavy atom. The molecule has 4 nitrogen and oxygen atoms in total. The molecular weight excluding hydrogens is 182 g/mol. The second-order valence-corrected chi connectivity index (χ2v) is 3.28. The minimum atomic E-state index is -0.231. The predicted octanol–water partition coefficient (Wildman–Crippen LogP) is 1.14. The molecule has 1 aliphatic rings. The van der Waals surface area contributed by atoms with E-state index in [1.54, 1.807) is 0 Å². The van der Waals surface area contributed by atoms with Crippen LogP contribution < -0.4 is 0 Å². The second-order valence-electron chi connectivity index (χ2n) is 3.28. The van der Waals surface area contributed by atoms with Crippen LogP contribution in [0.4, 0.5) is 0 Å². The molecule has 1 saturated heterocycles. The van der Waals surface area contributed by atoms with E-state index in [1.165, 1.54) is 13.3 Å². The Bertz CT molecular complexity index is 220. The number of hydrogen-bond acceptors (Lipinski definition) is 3. The number of hydrogen-bond donors (Lipinski definition) is 0. The van der Waals surface area contributed by atoms with Crippen LogP contribution in [0.2, 0.25) is 0 Å². The Labute approximate surface area is 84.3 Å². The molecule has 0 aliphatic carbocycles. The van der Waals surface area contributed by atoms with E-state index in [0.717, 1.165) is 4.90 Å². The van der Waals surface area contributed by atoms with Crippen molar-refractivity contribution in [1.82, 2.24) is 4.90 Å². The van der Waals surface area contributed by atoms with Crippen molar-refractivity contribution in [2.75, 3.05) is 6.54 Å². The van der Waals surface area contributed by atoms with E-state index in [1.807, 2.05) is 0 Å². The van der Waals surface area contributed by atoms with Gasteiger partial charge in [-0.15, -0.1) is 0 Å². The van der Waals surface area contributed by atoms with Crippen LogP contribution in [0.3, 0.4) is 0 Å². The highest BCUT2D eigenvalue weighted by Crippen LogP contribution is 2.10. The molecule has 0 aromatic carbocycles. The van der Waals surface area contributed by atoms with Crippen molar-refractivity contribution in [3.05, 3.63) is 0 Å². The first-order chi connectivity index (χ1) is 6.52. The summed E-state index contributed by atoms with van der Waals surface area (Å²) in [6.07, 6.45) is 1.76. The maximum Gasteiger partial charge on any atom is 0.230 e. The molecule has 80 valence electrons. The van der Waals surface area contributed by atoms with Crippen LogP contribution in [0.1, 0.15) is 40.0 Å². The van der Waals surface area contributed by atoms with Crippen LogP contribution in [0.15, 0.2) is 0 Å². The number of likely N-dealkylation sites (tertiary alicyclic amines) is 1. The van der Waals surface area contributed by atoms with Gasteiger partial charge in [-0.05, 0) is 6.92 Å². The van der Waals surface area contributed by atoms with Gasteiger partial charge in [0, 0.05) is 12.8 Å². The molecule has 14 heavy (non-hydrogen) atoms. The zero-order valence-corrected chi connectivity index (χ0v) is 9.00. The second kappa shape index (κ2) is 6.29. The molecule has 0 unspecified atom stereocenters. The van der Waals surface area contributed by atoms with Gasteiger partial charge in [-0.2, -0.15) is 0 Å². The third-order valence-electron chi connectivity index (χ3n) is 1.54. The van der Waals surface area contributed by atoms with E-state index in [0.29, 0.717) is 0 Å².